The van der Waals surface area contributed by atoms with Crippen LogP contribution in [0.25, 0.3) is 0 Å². The van der Waals surface area contributed by atoms with Gasteiger partial charge in [-0.1, -0.05) is 23.7 Å². The third kappa shape index (κ3) is 2.71. The van der Waals surface area contributed by atoms with Gasteiger partial charge in [0.2, 0.25) is 0 Å². The highest BCUT2D eigenvalue weighted by atomic mass is 35.5. The van der Waals surface area contributed by atoms with E-state index in [4.69, 9.17) is 16.7 Å². The van der Waals surface area contributed by atoms with Crippen LogP contribution in [0.2, 0.25) is 5.02 Å². The minimum Gasteiger partial charge on any atom is -0.392 e. The second kappa shape index (κ2) is 4.97. The van der Waals surface area contributed by atoms with Crippen molar-refractivity contribution in [3.63, 3.8) is 0 Å². The van der Waals surface area contributed by atoms with E-state index in [0.29, 0.717) is 0 Å². The normalized spacial score (nSPS) is 17.2. The third-order valence-corrected chi connectivity index (χ3v) is 3.25. The number of hydrogen-bond acceptors (Lipinski definition) is 2. The smallest absolute Gasteiger partial charge is 0.0681 e. The fourth-order valence-electron chi connectivity index (χ4n) is 2.03. The molecule has 0 saturated carbocycles. The van der Waals surface area contributed by atoms with Gasteiger partial charge >= 0.3 is 0 Å². The van der Waals surface area contributed by atoms with E-state index in [1.165, 1.54) is 25.9 Å². The molecule has 0 amide bonds. The van der Waals surface area contributed by atoms with Crippen molar-refractivity contribution >= 4 is 11.6 Å². The Hall–Kier alpha value is -0.570. The number of hydrogen-bond donors (Lipinski definition) is 1. The van der Waals surface area contributed by atoms with Crippen LogP contribution in [0.5, 0.6) is 0 Å². The van der Waals surface area contributed by atoms with Crippen LogP contribution >= 0.6 is 11.6 Å². The van der Waals surface area contributed by atoms with Gasteiger partial charge in [0, 0.05) is 11.6 Å². The summed E-state index contributed by atoms with van der Waals surface area (Å²) >= 11 is 6.12. The zero-order chi connectivity index (χ0) is 10.7. The lowest BCUT2D eigenvalue weighted by atomic mass is 10.1. The predicted octanol–water partition coefficient (Wildman–Crippen LogP) is 2.43. The van der Waals surface area contributed by atoms with Crippen LogP contribution < -0.4 is 0 Å². The van der Waals surface area contributed by atoms with Crippen molar-refractivity contribution in [3.05, 3.63) is 34.3 Å². The third-order valence-electron chi connectivity index (χ3n) is 2.89. The summed E-state index contributed by atoms with van der Waals surface area (Å²) in [6.07, 6.45) is 2.58. The van der Waals surface area contributed by atoms with Crippen molar-refractivity contribution in [2.24, 2.45) is 0 Å². The van der Waals surface area contributed by atoms with Gasteiger partial charge in [-0.2, -0.15) is 0 Å². The number of likely N-dealkylation sites (tertiary alicyclic amines) is 1. The van der Waals surface area contributed by atoms with E-state index in [2.05, 4.69) is 4.90 Å². The van der Waals surface area contributed by atoms with Gasteiger partial charge in [0.15, 0.2) is 0 Å². The molecule has 1 aromatic carbocycles. The molecule has 15 heavy (non-hydrogen) atoms. The standard InChI is InChI=1S/C12H16ClNO/c13-12-4-3-10(9-15)7-11(12)8-14-5-1-2-6-14/h3-4,7,15H,1-2,5-6,8-9H2. The van der Waals surface area contributed by atoms with Crippen LogP contribution in [0.3, 0.4) is 0 Å². The number of halogens is 1. The Balaban J connectivity index is 2.11. The van der Waals surface area contributed by atoms with Crippen molar-refractivity contribution < 1.29 is 5.11 Å². The van der Waals surface area contributed by atoms with E-state index in [0.717, 1.165) is 22.7 Å². The fraction of sp³-hybridized carbons (Fsp3) is 0.500. The summed E-state index contributed by atoms with van der Waals surface area (Å²) in [4.78, 5) is 2.41. The molecule has 82 valence electrons. The minimum absolute atomic E-state index is 0.0875. The average Bonchev–Trinajstić information content (AvgIpc) is 2.74. The first kappa shape index (κ1) is 10.9. The van der Waals surface area contributed by atoms with Crippen molar-refractivity contribution in [2.45, 2.75) is 26.0 Å². The maximum absolute atomic E-state index is 9.06. The molecule has 1 heterocycles. The summed E-state index contributed by atoms with van der Waals surface area (Å²) in [5.74, 6) is 0. The lowest BCUT2D eigenvalue weighted by Gasteiger charge is -2.16. The molecule has 0 unspecified atom stereocenters. The van der Waals surface area contributed by atoms with E-state index >= 15 is 0 Å². The van der Waals surface area contributed by atoms with Gasteiger partial charge in [0.1, 0.15) is 0 Å². The first-order valence-electron chi connectivity index (χ1n) is 5.40. The number of rotatable bonds is 3. The molecule has 1 aromatic rings. The predicted molar refractivity (Wildman–Crippen MR) is 61.9 cm³/mol. The van der Waals surface area contributed by atoms with Crippen LogP contribution in [0.1, 0.15) is 24.0 Å². The molecule has 1 N–H and O–H groups in total. The summed E-state index contributed by atoms with van der Waals surface area (Å²) in [6.45, 7) is 3.33. The molecule has 1 saturated heterocycles. The summed E-state index contributed by atoms with van der Waals surface area (Å²) in [5, 5.41) is 9.86. The van der Waals surface area contributed by atoms with Gasteiger partial charge in [-0.05, 0) is 43.1 Å². The Morgan fingerprint density at radius 1 is 1.27 bits per heavy atom. The van der Waals surface area contributed by atoms with Crippen molar-refractivity contribution in [1.82, 2.24) is 4.90 Å². The zero-order valence-corrected chi connectivity index (χ0v) is 9.50. The minimum atomic E-state index is 0.0875. The second-order valence-corrected chi connectivity index (χ2v) is 4.47. The van der Waals surface area contributed by atoms with Gasteiger partial charge in [-0.3, -0.25) is 4.90 Å². The molecule has 3 heteroatoms. The monoisotopic (exact) mass is 225 g/mol. The zero-order valence-electron chi connectivity index (χ0n) is 8.75. The van der Waals surface area contributed by atoms with Crippen LogP contribution in [-0.2, 0) is 13.2 Å². The maximum atomic E-state index is 9.06. The molecule has 1 fully saturated rings. The molecule has 1 aliphatic heterocycles. The summed E-state index contributed by atoms with van der Waals surface area (Å²) in [7, 11) is 0. The largest absolute Gasteiger partial charge is 0.392 e. The van der Waals surface area contributed by atoms with Gasteiger partial charge < -0.3 is 5.11 Å². The number of benzene rings is 1. The molecule has 0 bridgehead atoms. The molecule has 0 aliphatic carbocycles. The van der Waals surface area contributed by atoms with Crippen LogP contribution in [-0.4, -0.2) is 23.1 Å². The molecule has 0 radical (unpaired) electrons. The summed E-state index contributed by atoms with van der Waals surface area (Å²) in [6, 6.07) is 5.75. The highest BCUT2D eigenvalue weighted by Gasteiger charge is 2.13. The topological polar surface area (TPSA) is 23.5 Å². The van der Waals surface area contributed by atoms with E-state index in [-0.39, 0.29) is 6.61 Å². The van der Waals surface area contributed by atoms with E-state index in [1.807, 2.05) is 18.2 Å². The van der Waals surface area contributed by atoms with Crippen molar-refractivity contribution in [1.29, 1.82) is 0 Å². The Bertz CT molecular complexity index is 334. The molecule has 2 nitrogen and oxygen atoms in total. The average molecular weight is 226 g/mol. The second-order valence-electron chi connectivity index (χ2n) is 4.07. The van der Waals surface area contributed by atoms with Gasteiger partial charge in [-0.15, -0.1) is 0 Å². The Labute approximate surface area is 95.5 Å². The fourth-order valence-corrected chi connectivity index (χ4v) is 2.21. The summed E-state index contributed by atoms with van der Waals surface area (Å²) in [5.41, 5.74) is 2.07. The van der Waals surface area contributed by atoms with Gasteiger partial charge in [0.05, 0.1) is 6.61 Å². The quantitative estimate of drug-likeness (QED) is 0.854. The van der Waals surface area contributed by atoms with E-state index < -0.39 is 0 Å². The number of aliphatic hydroxyl groups excluding tert-OH is 1. The number of aliphatic hydroxyl groups is 1. The van der Waals surface area contributed by atoms with Crippen molar-refractivity contribution in [3.8, 4) is 0 Å². The highest BCUT2D eigenvalue weighted by Crippen LogP contribution is 2.21. The number of nitrogens with zero attached hydrogens (tertiary/aromatic N) is 1. The summed E-state index contributed by atoms with van der Waals surface area (Å²) < 4.78 is 0. The first-order valence-corrected chi connectivity index (χ1v) is 5.78. The molecule has 0 atom stereocenters. The van der Waals surface area contributed by atoms with Gasteiger partial charge in [-0.25, -0.2) is 0 Å². The SMILES string of the molecule is OCc1ccc(Cl)c(CN2CCCC2)c1. The van der Waals surface area contributed by atoms with Crippen LogP contribution in [0.4, 0.5) is 0 Å². The Morgan fingerprint density at radius 3 is 2.67 bits per heavy atom. The van der Waals surface area contributed by atoms with E-state index in [9.17, 15) is 0 Å². The van der Waals surface area contributed by atoms with E-state index in [1.54, 1.807) is 0 Å². The lowest BCUT2D eigenvalue weighted by molar-refractivity contribution is 0.281. The first-order chi connectivity index (χ1) is 7.29. The van der Waals surface area contributed by atoms with Crippen LogP contribution in [0, 0.1) is 0 Å². The van der Waals surface area contributed by atoms with Crippen LogP contribution in [0.15, 0.2) is 18.2 Å². The molecule has 1 aliphatic rings. The Morgan fingerprint density at radius 2 is 2.00 bits per heavy atom. The molecule has 0 spiro atoms. The molecule has 0 aromatic heterocycles. The maximum Gasteiger partial charge on any atom is 0.0681 e. The highest BCUT2D eigenvalue weighted by molar-refractivity contribution is 6.31. The molecule has 2 rings (SSSR count). The Kier molecular flexibility index (Phi) is 3.62. The van der Waals surface area contributed by atoms with Gasteiger partial charge in [0.25, 0.3) is 0 Å². The van der Waals surface area contributed by atoms with Crippen molar-refractivity contribution in [2.75, 3.05) is 13.1 Å². The lowest BCUT2D eigenvalue weighted by Crippen LogP contribution is -2.18. The molecular weight excluding hydrogens is 210 g/mol. The molecular formula is C12H16ClNO.